The molecule has 0 aliphatic heterocycles. The van der Waals surface area contributed by atoms with Gasteiger partial charge in [0.05, 0.1) is 27.7 Å². The van der Waals surface area contributed by atoms with E-state index in [9.17, 15) is 19.0 Å². The summed E-state index contributed by atoms with van der Waals surface area (Å²) in [7, 11) is 1.17. The van der Waals surface area contributed by atoms with Gasteiger partial charge in [-0.3, -0.25) is 14.2 Å². The zero-order chi connectivity index (χ0) is 48.5. The molecule has 384 valence electrons. The Balaban J connectivity index is 3.89. The standard InChI is InChI=1S/C56H102NO8P/c1-6-8-10-12-14-15-16-17-18-19-20-21-22-23-24-25-26-27-28-29-30-31-32-33-34-35-36-37-38-39-40-41-43-45-47-49-56(59)65-54(53-64-66(60,61)63-51-50-57(3,4)5)52-62-55(58)48-46-44-42-13-11-9-7-2/h8,10,14-15,17-18,20-21,23-24,54H,6-7,9,11-13,16,19,22,25-53H2,1-5H3/b10-8-,15-14-,18-17-,21-20-,24-23-. The van der Waals surface area contributed by atoms with Crippen LogP contribution in [0.4, 0.5) is 0 Å². The highest BCUT2D eigenvalue weighted by Crippen LogP contribution is 2.38. The maximum absolute atomic E-state index is 12.7. The van der Waals surface area contributed by atoms with Gasteiger partial charge < -0.3 is 27.9 Å². The molecule has 0 aliphatic rings. The predicted molar refractivity (Wildman–Crippen MR) is 277 cm³/mol. The van der Waals surface area contributed by atoms with Gasteiger partial charge in [-0.05, 0) is 57.8 Å². The second kappa shape index (κ2) is 47.8. The lowest BCUT2D eigenvalue weighted by molar-refractivity contribution is -0.870. The molecule has 0 aliphatic carbocycles. The van der Waals surface area contributed by atoms with Crippen LogP contribution in [0.2, 0.25) is 0 Å². The normalized spacial score (nSPS) is 13.8. The summed E-state index contributed by atoms with van der Waals surface area (Å²) in [4.78, 5) is 37.4. The lowest BCUT2D eigenvalue weighted by Crippen LogP contribution is -2.37. The lowest BCUT2D eigenvalue weighted by Gasteiger charge is -2.28. The molecule has 0 aromatic rings. The lowest BCUT2D eigenvalue weighted by atomic mass is 10.0. The Bertz CT molecular complexity index is 1300. The Morgan fingerprint density at radius 3 is 1.29 bits per heavy atom. The zero-order valence-corrected chi connectivity index (χ0v) is 44.3. The molecule has 0 bridgehead atoms. The number of rotatable bonds is 49. The van der Waals surface area contributed by atoms with E-state index < -0.39 is 26.5 Å². The van der Waals surface area contributed by atoms with E-state index in [1.54, 1.807) is 0 Å². The van der Waals surface area contributed by atoms with Crippen LogP contribution in [-0.2, 0) is 32.7 Å². The largest absolute Gasteiger partial charge is 0.756 e. The highest BCUT2D eigenvalue weighted by molar-refractivity contribution is 7.45. The van der Waals surface area contributed by atoms with Gasteiger partial charge in [0, 0.05) is 12.8 Å². The Labute approximate surface area is 406 Å². The second-order valence-corrected chi connectivity index (χ2v) is 20.6. The first kappa shape index (κ1) is 63.7. The topological polar surface area (TPSA) is 111 Å². The van der Waals surface area contributed by atoms with Crippen LogP contribution in [0.15, 0.2) is 60.8 Å². The molecule has 0 saturated carbocycles. The molecule has 66 heavy (non-hydrogen) atoms. The van der Waals surface area contributed by atoms with Crippen LogP contribution in [0.3, 0.4) is 0 Å². The van der Waals surface area contributed by atoms with Crippen molar-refractivity contribution in [3.63, 3.8) is 0 Å². The monoisotopic (exact) mass is 948 g/mol. The van der Waals surface area contributed by atoms with Gasteiger partial charge in [-0.25, -0.2) is 0 Å². The molecule has 0 aromatic carbocycles. The van der Waals surface area contributed by atoms with Gasteiger partial charge in [-0.1, -0.05) is 222 Å². The van der Waals surface area contributed by atoms with E-state index >= 15 is 0 Å². The average molecular weight is 948 g/mol. The van der Waals surface area contributed by atoms with E-state index in [4.69, 9.17) is 18.5 Å². The van der Waals surface area contributed by atoms with Crippen molar-refractivity contribution < 1.29 is 42.1 Å². The van der Waals surface area contributed by atoms with Gasteiger partial charge >= 0.3 is 11.9 Å². The molecule has 0 saturated heterocycles. The van der Waals surface area contributed by atoms with E-state index in [1.165, 1.54) is 128 Å². The van der Waals surface area contributed by atoms with E-state index in [-0.39, 0.29) is 32.0 Å². The minimum absolute atomic E-state index is 0.0298. The van der Waals surface area contributed by atoms with Crippen LogP contribution in [0.5, 0.6) is 0 Å². The van der Waals surface area contributed by atoms with Crippen molar-refractivity contribution in [3.8, 4) is 0 Å². The summed E-state index contributed by atoms with van der Waals surface area (Å²) in [5.41, 5.74) is 0. The molecular weight excluding hydrogens is 846 g/mol. The number of allylic oxidation sites excluding steroid dienone is 10. The van der Waals surface area contributed by atoms with Gasteiger partial charge in [0.1, 0.15) is 19.8 Å². The maximum atomic E-state index is 12.7. The fourth-order valence-electron chi connectivity index (χ4n) is 7.39. The number of esters is 2. The van der Waals surface area contributed by atoms with Crippen molar-refractivity contribution in [1.29, 1.82) is 0 Å². The summed E-state index contributed by atoms with van der Waals surface area (Å²) in [5, 5.41) is 0. The van der Waals surface area contributed by atoms with Gasteiger partial charge in [0.15, 0.2) is 6.10 Å². The van der Waals surface area contributed by atoms with E-state index in [0.717, 1.165) is 70.6 Å². The summed E-state index contributed by atoms with van der Waals surface area (Å²) in [6, 6.07) is 0. The third-order valence-corrected chi connectivity index (χ3v) is 12.5. The van der Waals surface area contributed by atoms with Crippen LogP contribution < -0.4 is 4.89 Å². The van der Waals surface area contributed by atoms with E-state index in [2.05, 4.69) is 74.6 Å². The minimum Gasteiger partial charge on any atom is -0.756 e. The smallest absolute Gasteiger partial charge is 0.306 e. The molecule has 0 N–H and O–H groups in total. The van der Waals surface area contributed by atoms with Crippen molar-refractivity contribution in [3.05, 3.63) is 60.8 Å². The highest BCUT2D eigenvalue weighted by atomic mass is 31.2. The maximum Gasteiger partial charge on any atom is 0.306 e. The zero-order valence-electron chi connectivity index (χ0n) is 43.4. The van der Waals surface area contributed by atoms with Crippen LogP contribution in [0.1, 0.15) is 232 Å². The van der Waals surface area contributed by atoms with Crippen molar-refractivity contribution in [2.75, 3.05) is 47.5 Å². The molecule has 0 rings (SSSR count). The van der Waals surface area contributed by atoms with Crippen LogP contribution in [-0.4, -0.2) is 70.0 Å². The van der Waals surface area contributed by atoms with Crippen molar-refractivity contribution in [2.24, 2.45) is 0 Å². The van der Waals surface area contributed by atoms with Crippen LogP contribution in [0, 0.1) is 0 Å². The average Bonchev–Trinajstić information content (AvgIpc) is 3.27. The quantitative estimate of drug-likeness (QED) is 0.0195. The molecule has 0 fully saturated rings. The summed E-state index contributed by atoms with van der Waals surface area (Å²) in [6.07, 6.45) is 60.2. The summed E-state index contributed by atoms with van der Waals surface area (Å²) in [6.45, 7) is 4.08. The molecule has 0 amide bonds. The highest BCUT2D eigenvalue weighted by Gasteiger charge is 2.21. The number of unbranched alkanes of at least 4 members (excludes halogenated alkanes) is 25. The van der Waals surface area contributed by atoms with Crippen LogP contribution >= 0.6 is 7.82 Å². The van der Waals surface area contributed by atoms with Crippen LogP contribution in [0.25, 0.3) is 0 Å². The Kier molecular flexibility index (Phi) is 46.1. The Hall–Kier alpha value is -2.29. The summed E-state index contributed by atoms with van der Waals surface area (Å²) < 4.78 is 33.9. The third-order valence-electron chi connectivity index (χ3n) is 11.6. The SMILES string of the molecule is CC/C=C\C/C=C\C/C=C\C/C=C\C/C=C\CCCCCCCCCCCCCCCCCCCCCC(=O)OC(COC(=O)CCCCCCCCC)COP(=O)([O-])OCC[N+](C)(C)C. The molecular formula is C56H102NO8P. The van der Waals surface area contributed by atoms with Crippen molar-refractivity contribution in [1.82, 2.24) is 0 Å². The van der Waals surface area contributed by atoms with Gasteiger partial charge in [0.25, 0.3) is 7.82 Å². The Morgan fingerprint density at radius 1 is 0.485 bits per heavy atom. The first-order valence-electron chi connectivity index (χ1n) is 27.0. The minimum atomic E-state index is -4.62. The molecule has 10 heteroatoms. The molecule has 9 nitrogen and oxygen atoms in total. The number of phosphoric acid groups is 1. The fourth-order valence-corrected chi connectivity index (χ4v) is 8.12. The molecule has 0 heterocycles. The summed E-state index contributed by atoms with van der Waals surface area (Å²) in [5.74, 6) is -0.834. The number of nitrogens with zero attached hydrogens (tertiary/aromatic N) is 1. The van der Waals surface area contributed by atoms with Gasteiger partial charge in [-0.15, -0.1) is 0 Å². The fraction of sp³-hybridized carbons (Fsp3) is 0.786. The molecule has 0 spiro atoms. The number of likely N-dealkylation sites (N-methyl/N-ethyl adjacent to an activating group) is 1. The third kappa shape index (κ3) is 51.1. The number of hydrogen-bond donors (Lipinski definition) is 0. The number of hydrogen-bond acceptors (Lipinski definition) is 8. The van der Waals surface area contributed by atoms with Gasteiger partial charge in [0.2, 0.25) is 0 Å². The molecule has 2 atom stereocenters. The molecule has 0 aromatic heterocycles. The number of carbonyl (C=O) groups excluding carboxylic acids is 2. The van der Waals surface area contributed by atoms with Crippen molar-refractivity contribution >= 4 is 19.8 Å². The first-order valence-corrected chi connectivity index (χ1v) is 28.5. The number of ether oxygens (including phenoxy) is 2. The van der Waals surface area contributed by atoms with E-state index in [1.807, 2.05) is 21.1 Å². The van der Waals surface area contributed by atoms with E-state index in [0.29, 0.717) is 17.4 Å². The predicted octanol–water partition coefficient (Wildman–Crippen LogP) is 15.7. The molecule has 0 radical (unpaired) electrons. The first-order chi connectivity index (χ1) is 32.0. The van der Waals surface area contributed by atoms with Crippen molar-refractivity contribution in [2.45, 2.75) is 238 Å². The number of phosphoric ester groups is 1. The van der Waals surface area contributed by atoms with Gasteiger partial charge in [-0.2, -0.15) is 0 Å². The second-order valence-electron chi connectivity index (χ2n) is 19.2. The molecule has 2 unspecified atom stereocenters. The summed E-state index contributed by atoms with van der Waals surface area (Å²) >= 11 is 0. The number of quaternary nitrogens is 1. The Morgan fingerprint density at radius 2 is 0.864 bits per heavy atom. The number of carbonyl (C=O) groups is 2.